The zero-order valence-electron chi connectivity index (χ0n) is 27.1. The maximum Gasteiger partial charge on any atom is 0.0776 e. The fourth-order valence-corrected chi connectivity index (χ4v) is 8.66. The Kier molecular flexibility index (Phi) is 6.06. The fraction of sp³-hybridized carbons (Fsp3) is 0.256. The second-order valence-corrected chi connectivity index (χ2v) is 14.2. The van der Waals surface area contributed by atoms with Crippen LogP contribution >= 0.6 is 0 Å². The van der Waals surface area contributed by atoms with Crippen molar-refractivity contribution in [3.63, 3.8) is 0 Å². The standard InChI is InChI=1S/C43H39N3/c1-26-12-11-19-37(39(26)42-40-27(2)20-22-44-41(40)32-16-8-10-18-36(32)45-42)46-23-21-28-24-33-30-14-6-5-13-29(30)31-15-7-9-17-34(31)43(3,4)35(33)25-38(28)46/h5-11,13-19,22,24-27H,12,20-21,23H2,1-4H3. The molecule has 4 aliphatic rings. The highest BCUT2D eigenvalue weighted by Gasteiger charge is 2.37. The summed E-state index contributed by atoms with van der Waals surface area (Å²) in [7, 11) is 0. The summed E-state index contributed by atoms with van der Waals surface area (Å²) in [5.41, 5.74) is 18.1. The van der Waals surface area contributed by atoms with Crippen LogP contribution in [-0.4, -0.2) is 17.7 Å². The lowest BCUT2D eigenvalue weighted by molar-refractivity contribution is 0.646. The molecule has 0 fully saturated rings. The van der Waals surface area contributed by atoms with Crippen LogP contribution in [0.2, 0.25) is 0 Å². The molecule has 5 aromatic rings. The monoisotopic (exact) mass is 597 g/mol. The van der Waals surface area contributed by atoms with Gasteiger partial charge >= 0.3 is 0 Å². The number of fused-ring (bicyclic) bond motifs is 9. The molecule has 2 aliphatic heterocycles. The van der Waals surface area contributed by atoms with Crippen LogP contribution < -0.4 is 4.90 Å². The minimum absolute atomic E-state index is 0.159. The first-order chi connectivity index (χ1) is 22.4. The number of rotatable bonds is 2. The number of aromatic nitrogens is 1. The maximum atomic E-state index is 5.45. The summed E-state index contributed by atoms with van der Waals surface area (Å²) in [6, 6.07) is 31.6. The average molecular weight is 598 g/mol. The van der Waals surface area contributed by atoms with Crippen molar-refractivity contribution in [3.8, 4) is 22.3 Å². The van der Waals surface area contributed by atoms with Crippen molar-refractivity contribution in [2.45, 2.75) is 58.3 Å². The zero-order chi connectivity index (χ0) is 31.2. The molecule has 226 valence electrons. The van der Waals surface area contributed by atoms with Crippen molar-refractivity contribution in [2.75, 3.05) is 11.4 Å². The number of allylic oxidation sites excluding steroid dienone is 3. The second-order valence-electron chi connectivity index (χ2n) is 14.2. The summed E-state index contributed by atoms with van der Waals surface area (Å²) in [6.07, 6.45) is 9.85. The first-order valence-corrected chi connectivity index (χ1v) is 16.9. The van der Waals surface area contributed by atoms with E-state index >= 15 is 0 Å². The molecule has 0 spiro atoms. The third-order valence-electron chi connectivity index (χ3n) is 11.0. The topological polar surface area (TPSA) is 28.5 Å². The molecule has 0 saturated carbocycles. The summed E-state index contributed by atoms with van der Waals surface area (Å²) < 4.78 is 0. The SMILES string of the molecule is CC1CC=CC(N2CCc3cc4c(cc32)C(C)(C)c2ccccc2-c2ccccc2-4)=C1c1nc2ccccc2c2c1C(C)CC=N2. The highest BCUT2D eigenvalue weighted by atomic mass is 15.2. The Morgan fingerprint density at radius 2 is 1.50 bits per heavy atom. The molecule has 0 bridgehead atoms. The largest absolute Gasteiger partial charge is 0.341 e. The van der Waals surface area contributed by atoms with Gasteiger partial charge in [0.2, 0.25) is 0 Å². The molecule has 2 aliphatic carbocycles. The van der Waals surface area contributed by atoms with Crippen LogP contribution in [0, 0.1) is 5.92 Å². The van der Waals surface area contributed by atoms with E-state index in [0.29, 0.717) is 11.8 Å². The molecular weight excluding hydrogens is 558 g/mol. The molecule has 3 heteroatoms. The van der Waals surface area contributed by atoms with Gasteiger partial charge in [-0.2, -0.15) is 0 Å². The number of para-hydroxylation sites is 1. The van der Waals surface area contributed by atoms with Gasteiger partial charge in [0.1, 0.15) is 0 Å². The van der Waals surface area contributed by atoms with E-state index in [1.165, 1.54) is 61.5 Å². The van der Waals surface area contributed by atoms with E-state index in [9.17, 15) is 0 Å². The number of nitrogens with zero attached hydrogens (tertiary/aromatic N) is 3. The number of aliphatic imine (C=N–C) groups is 1. The van der Waals surface area contributed by atoms with Gasteiger partial charge in [-0.25, -0.2) is 4.98 Å². The molecule has 4 aromatic carbocycles. The van der Waals surface area contributed by atoms with Crippen molar-refractivity contribution < 1.29 is 0 Å². The molecule has 0 saturated heterocycles. The third kappa shape index (κ3) is 3.90. The first kappa shape index (κ1) is 27.5. The van der Waals surface area contributed by atoms with E-state index < -0.39 is 0 Å². The molecule has 2 unspecified atom stereocenters. The quantitative estimate of drug-likeness (QED) is 0.202. The van der Waals surface area contributed by atoms with Gasteiger partial charge in [-0.15, -0.1) is 0 Å². The molecule has 3 heterocycles. The lowest BCUT2D eigenvalue weighted by Gasteiger charge is -2.33. The van der Waals surface area contributed by atoms with E-state index in [1.807, 2.05) is 0 Å². The van der Waals surface area contributed by atoms with Crippen molar-refractivity contribution in [1.29, 1.82) is 0 Å². The number of hydrogen-bond donors (Lipinski definition) is 0. The van der Waals surface area contributed by atoms with Gasteiger partial charge in [0.25, 0.3) is 0 Å². The predicted octanol–water partition coefficient (Wildman–Crippen LogP) is 10.8. The van der Waals surface area contributed by atoms with Gasteiger partial charge in [-0.05, 0) is 94.3 Å². The molecule has 2 atom stereocenters. The number of hydrogen-bond acceptors (Lipinski definition) is 3. The summed E-state index contributed by atoms with van der Waals surface area (Å²) in [5, 5.41) is 1.15. The summed E-state index contributed by atoms with van der Waals surface area (Å²) in [5.74, 6) is 0.727. The lowest BCUT2D eigenvalue weighted by Crippen LogP contribution is -2.25. The number of pyridine rings is 1. The van der Waals surface area contributed by atoms with Gasteiger partial charge in [0.15, 0.2) is 0 Å². The van der Waals surface area contributed by atoms with E-state index in [-0.39, 0.29) is 5.41 Å². The van der Waals surface area contributed by atoms with Gasteiger partial charge in [-0.1, -0.05) is 101 Å². The molecule has 3 nitrogen and oxygen atoms in total. The van der Waals surface area contributed by atoms with Crippen LogP contribution in [0.25, 0.3) is 38.7 Å². The van der Waals surface area contributed by atoms with Gasteiger partial charge < -0.3 is 4.90 Å². The van der Waals surface area contributed by atoms with Crippen LogP contribution in [0.15, 0.2) is 108 Å². The fourth-order valence-electron chi connectivity index (χ4n) is 8.66. The molecular formula is C43H39N3. The van der Waals surface area contributed by atoms with Crippen molar-refractivity contribution in [3.05, 3.63) is 131 Å². The Hall–Kier alpha value is -4.76. The Morgan fingerprint density at radius 3 is 2.35 bits per heavy atom. The predicted molar refractivity (Wildman–Crippen MR) is 193 cm³/mol. The summed E-state index contributed by atoms with van der Waals surface area (Å²) in [4.78, 5) is 13.1. The number of benzene rings is 4. The Labute approximate surface area is 272 Å². The minimum Gasteiger partial charge on any atom is -0.341 e. The average Bonchev–Trinajstić information content (AvgIpc) is 3.47. The summed E-state index contributed by atoms with van der Waals surface area (Å²) >= 11 is 0. The normalized spacial score (nSPS) is 20.6. The minimum atomic E-state index is -0.159. The number of anilines is 1. The summed E-state index contributed by atoms with van der Waals surface area (Å²) in [6.45, 7) is 10.5. The molecule has 1 aromatic heterocycles. The molecule has 46 heavy (non-hydrogen) atoms. The highest BCUT2D eigenvalue weighted by molar-refractivity contribution is 5.98. The third-order valence-corrected chi connectivity index (χ3v) is 11.0. The molecule has 0 N–H and O–H groups in total. The van der Waals surface area contributed by atoms with Crippen LogP contribution in [0.4, 0.5) is 11.4 Å². The molecule has 9 rings (SSSR count). The Morgan fingerprint density at radius 1 is 0.761 bits per heavy atom. The molecule has 0 radical (unpaired) electrons. The van der Waals surface area contributed by atoms with Gasteiger partial charge in [0, 0.05) is 46.1 Å². The van der Waals surface area contributed by atoms with E-state index in [1.54, 1.807) is 0 Å². The van der Waals surface area contributed by atoms with E-state index in [4.69, 9.17) is 9.98 Å². The van der Waals surface area contributed by atoms with Crippen LogP contribution in [0.5, 0.6) is 0 Å². The van der Waals surface area contributed by atoms with Crippen LogP contribution in [0.1, 0.15) is 74.4 Å². The first-order valence-electron chi connectivity index (χ1n) is 16.9. The van der Waals surface area contributed by atoms with Gasteiger partial charge in [-0.3, -0.25) is 4.99 Å². The zero-order valence-corrected chi connectivity index (χ0v) is 27.1. The van der Waals surface area contributed by atoms with Gasteiger partial charge in [0.05, 0.1) is 16.9 Å². The smallest absolute Gasteiger partial charge is 0.0776 e. The van der Waals surface area contributed by atoms with E-state index in [0.717, 1.165) is 48.1 Å². The Balaban J connectivity index is 1.28. The van der Waals surface area contributed by atoms with Crippen LogP contribution in [0.3, 0.4) is 0 Å². The van der Waals surface area contributed by atoms with Crippen molar-refractivity contribution in [1.82, 2.24) is 4.98 Å². The second kappa shape index (κ2) is 10.1. The maximum absolute atomic E-state index is 5.45. The van der Waals surface area contributed by atoms with Crippen molar-refractivity contribution in [2.24, 2.45) is 10.9 Å². The Bertz CT molecular complexity index is 2180. The van der Waals surface area contributed by atoms with Crippen molar-refractivity contribution >= 4 is 34.1 Å². The van der Waals surface area contributed by atoms with E-state index in [2.05, 4.69) is 136 Å². The molecule has 0 amide bonds. The highest BCUT2D eigenvalue weighted by Crippen LogP contribution is 2.52. The lowest BCUT2D eigenvalue weighted by atomic mass is 9.75. The van der Waals surface area contributed by atoms with Crippen LogP contribution in [-0.2, 0) is 11.8 Å².